The van der Waals surface area contributed by atoms with Gasteiger partial charge < -0.3 is 29.6 Å². The fourth-order valence-corrected chi connectivity index (χ4v) is 3.03. The predicted octanol–water partition coefficient (Wildman–Crippen LogP) is 2.46. The van der Waals surface area contributed by atoms with Gasteiger partial charge in [0.2, 0.25) is 5.75 Å². The summed E-state index contributed by atoms with van der Waals surface area (Å²) in [5, 5.41) is 6.51. The van der Waals surface area contributed by atoms with Crippen molar-refractivity contribution in [3.05, 3.63) is 29.0 Å². The maximum atomic E-state index is 12.7. The van der Waals surface area contributed by atoms with E-state index in [2.05, 4.69) is 10.6 Å². The highest BCUT2D eigenvalue weighted by Crippen LogP contribution is 2.41. The van der Waals surface area contributed by atoms with Gasteiger partial charge in [-0.05, 0) is 50.7 Å². The minimum atomic E-state index is -0.510. The van der Waals surface area contributed by atoms with Gasteiger partial charge in [0.15, 0.2) is 16.6 Å². The van der Waals surface area contributed by atoms with Crippen LogP contribution in [0, 0.1) is 0 Å². The van der Waals surface area contributed by atoms with Crippen molar-refractivity contribution in [2.45, 2.75) is 32.9 Å². The average molecular weight is 380 g/mol. The number of methoxy groups -OCH3 is 3. The molecule has 0 amide bonds. The monoisotopic (exact) mass is 380 g/mol. The van der Waals surface area contributed by atoms with E-state index in [9.17, 15) is 4.79 Å². The highest BCUT2D eigenvalue weighted by molar-refractivity contribution is 7.80. The van der Waals surface area contributed by atoms with E-state index in [4.69, 9.17) is 31.2 Å². The van der Waals surface area contributed by atoms with E-state index in [1.54, 1.807) is 32.9 Å². The van der Waals surface area contributed by atoms with Gasteiger partial charge in [-0.3, -0.25) is 0 Å². The number of carbonyl (C=O) groups excluding carboxylic acids is 1. The van der Waals surface area contributed by atoms with Crippen molar-refractivity contribution >= 4 is 23.3 Å². The van der Waals surface area contributed by atoms with Gasteiger partial charge in [-0.1, -0.05) is 0 Å². The van der Waals surface area contributed by atoms with Crippen molar-refractivity contribution in [2.75, 3.05) is 21.3 Å². The van der Waals surface area contributed by atoms with Crippen molar-refractivity contribution < 1.29 is 23.7 Å². The number of benzene rings is 1. The minimum absolute atomic E-state index is 0.239. The SMILES string of the molecule is COc1cc([C@H]2NC(=S)NC(C)=C2C(=O)OC(C)C)cc(OC)c1OC. The molecule has 0 aromatic heterocycles. The van der Waals surface area contributed by atoms with Crippen LogP contribution in [-0.4, -0.2) is 38.5 Å². The number of ether oxygens (including phenoxy) is 4. The summed E-state index contributed by atoms with van der Waals surface area (Å²) >= 11 is 5.26. The first kappa shape index (κ1) is 19.8. The smallest absolute Gasteiger partial charge is 0.338 e. The van der Waals surface area contributed by atoms with Gasteiger partial charge in [-0.2, -0.15) is 0 Å². The summed E-state index contributed by atoms with van der Waals surface area (Å²) in [5.41, 5.74) is 1.82. The van der Waals surface area contributed by atoms with Crippen molar-refractivity contribution in [1.82, 2.24) is 10.6 Å². The Bertz CT molecular complexity index is 720. The quantitative estimate of drug-likeness (QED) is 0.576. The Balaban J connectivity index is 2.57. The lowest BCUT2D eigenvalue weighted by atomic mass is 9.95. The molecule has 0 bridgehead atoms. The molecular weight excluding hydrogens is 356 g/mol. The van der Waals surface area contributed by atoms with Crippen LogP contribution in [0.25, 0.3) is 0 Å². The van der Waals surface area contributed by atoms with Crippen LogP contribution in [0.3, 0.4) is 0 Å². The van der Waals surface area contributed by atoms with E-state index in [-0.39, 0.29) is 6.10 Å². The Morgan fingerprint density at radius 2 is 1.69 bits per heavy atom. The Labute approximate surface area is 158 Å². The highest BCUT2D eigenvalue weighted by atomic mass is 32.1. The molecule has 0 saturated heterocycles. The third kappa shape index (κ3) is 4.01. The summed E-state index contributed by atoms with van der Waals surface area (Å²) in [5.74, 6) is 1.03. The molecule has 142 valence electrons. The zero-order valence-corrected chi connectivity index (χ0v) is 16.6. The van der Waals surface area contributed by atoms with Gasteiger partial charge in [-0.15, -0.1) is 0 Å². The molecular formula is C18H24N2O5S. The summed E-state index contributed by atoms with van der Waals surface area (Å²) in [6.45, 7) is 5.39. The minimum Gasteiger partial charge on any atom is -0.493 e. The molecule has 0 aliphatic carbocycles. The van der Waals surface area contributed by atoms with E-state index in [0.29, 0.717) is 33.6 Å². The van der Waals surface area contributed by atoms with Crippen molar-refractivity contribution in [3.8, 4) is 17.2 Å². The normalized spacial score (nSPS) is 16.7. The van der Waals surface area contributed by atoms with Gasteiger partial charge in [0, 0.05) is 5.70 Å². The number of nitrogens with one attached hydrogen (secondary N) is 2. The maximum absolute atomic E-state index is 12.7. The van der Waals surface area contributed by atoms with Gasteiger partial charge in [0.25, 0.3) is 0 Å². The second-order valence-corrected chi connectivity index (χ2v) is 6.39. The number of carbonyl (C=O) groups is 1. The number of rotatable bonds is 6. The largest absolute Gasteiger partial charge is 0.493 e. The molecule has 7 nitrogen and oxygen atoms in total. The van der Waals surface area contributed by atoms with Crippen LogP contribution in [0.15, 0.2) is 23.4 Å². The summed E-state index contributed by atoms with van der Waals surface area (Å²) in [7, 11) is 4.61. The highest BCUT2D eigenvalue weighted by Gasteiger charge is 2.32. The molecule has 0 unspecified atom stereocenters. The van der Waals surface area contributed by atoms with Crippen LogP contribution in [0.2, 0.25) is 0 Å². The van der Waals surface area contributed by atoms with E-state index in [1.165, 1.54) is 21.3 Å². The fraction of sp³-hybridized carbons (Fsp3) is 0.444. The van der Waals surface area contributed by atoms with Crippen molar-refractivity contribution in [1.29, 1.82) is 0 Å². The molecule has 1 aliphatic rings. The fourth-order valence-electron chi connectivity index (χ4n) is 2.76. The van der Waals surface area contributed by atoms with Crippen LogP contribution in [0.5, 0.6) is 17.2 Å². The van der Waals surface area contributed by atoms with Gasteiger partial charge in [0.1, 0.15) is 0 Å². The molecule has 1 heterocycles. The van der Waals surface area contributed by atoms with Crippen LogP contribution in [0.4, 0.5) is 0 Å². The van der Waals surface area contributed by atoms with Gasteiger partial charge in [0.05, 0.1) is 39.0 Å². The first-order valence-electron chi connectivity index (χ1n) is 8.11. The predicted molar refractivity (Wildman–Crippen MR) is 102 cm³/mol. The Morgan fingerprint density at radius 3 is 2.15 bits per heavy atom. The molecule has 0 radical (unpaired) electrons. The van der Waals surface area contributed by atoms with Crippen molar-refractivity contribution in [2.24, 2.45) is 0 Å². The standard InChI is InChI=1S/C18H24N2O5S/c1-9(2)25-17(21)14-10(3)19-18(26)20-15(14)11-7-12(22-4)16(24-6)13(8-11)23-5/h7-9,15H,1-6H3,(H2,19,20,26)/t15-/m1/s1. The van der Waals surface area contributed by atoms with E-state index >= 15 is 0 Å². The Morgan fingerprint density at radius 1 is 1.12 bits per heavy atom. The molecule has 1 aliphatic heterocycles. The van der Waals surface area contributed by atoms with Crippen LogP contribution in [-0.2, 0) is 9.53 Å². The maximum Gasteiger partial charge on any atom is 0.338 e. The first-order valence-corrected chi connectivity index (χ1v) is 8.52. The van der Waals surface area contributed by atoms with E-state index in [0.717, 1.165) is 5.56 Å². The zero-order valence-electron chi connectivity index (χ0n) is 15.8. The molecule has 2 rings (SSSR count). The number of allylic oxidation sites excluding steroid dienone is 1. The van der Waals surface area contributed by atoms with Crippen LogP contribution >= 0.6 is 12.2 Å². The van der Waals surface area contributed by atoms with Gasteiger partial charge in [-0.25, -0.2) is 4.79 Å². The molecule has 1 aromatic rings. The third-order valence-electron chi connectivity index (χ3n) is 3.85. The summed E-state index contributed by atoms with van der Waals surface area (Å²) in [4.78, 5) is 12.7. The number of esters is 1. The lowest BCUT2D eigenvalue weighted by Crippen LogP contribution is -2.45. The Kier molecular flexibility index (Phi) is 6.31. The average Bonchev–Trinajstić information content (AvgIpc) is 2.58. The second kappa shape index (κ2) is 8.27. The molecule has 2 N–H and O–H groups in total. The Hall–Kier alpha value is -2.48. The first-order chi connectivity index (χ1) is 12.3. The molecule has 1 atom stereocenters. The molecule has 1 aromatic carbocycles. The molecule has 0 fully saturated rings. The third-order valence-corrected chi connectivity index (χ3v) is 4.07. The van der Waals surface area contributed by atoms with Gasteiger partial charge >= 0.3 is 5.97 Å². The summed E-state index contributed by atoms with van der Waals surface area (Å²) < 4.78 is 21.6. The molecule has 0 saturated carbocycles. The number of hydrogen-bond donors (Lipinski definition) is 2. The topological polar surface area (TPSA) is 78.1 Å². The van der Waals surface area contributed by atoms with E-state index < -0.39 is 12.0 Å². The number of hydrogen-bond acceptors (Lipinski definition) is 6. The van der Waals surface area contributed by atoms with Crippen LogP contribution < -0.4 is 24.8 Å². The summed E-state index contributed by atoms with van der Waals surface area (Å²) in [6.07, 6.45) is -0.239. The molecule has 0 spiro atoms. The lowest BCUT2D eigenvalue weighted by Gasteiger charge is -2.30. The van der Waals surface area contributed by atoms with E-state index in [1.807, 2.05) is 0 Å². The zero-order chi connectivity index (χ0) is 19.4. The summed E-state index contributed by atoms with van der Waals surface area (Å²) in [6, 6.07) is 3.05. The molecule has 8 heteroatoms. The number of thiocarbonyl (C=S) groups is 1. The van der Waals surface area contributed by atoms with Crippen LogP contribution in [0.1, 0.15) is 32.4 Å². The van der Waals surface area contributed by atoms with Crippen molar-refractivity contribution in [3.63, 3.8) is 0 Å². The lowest BCUT2D eigenvalue weighted by molar-refractivity contribution is -0.143. The molecule has 26 heavy (non-hydrogen) atoms. The second-order valence-electron chi connectivity index (χ2n) is 5.98.